The van der Waals surface area contributed by atoms with Gasteiger partial charge in [-0.3, -0.25) is 0 Å². The second-order valence-corrected chi connectivity index (χ2v) is 5.72. The van der Waals surface area contributed by atoms with Crippen molar-refractivity contribution >= 4 is 11.5 Å². The Morgan fingerprint density at radius 2 is 2.00 bits per heavy atom. The summed E-state index contributed by atoms with van der Waals surface area (Å²) in [5, 5.41) is 3.16. The quantitative estimate of drug-likeness (QED) is 0.918. The van der Waals surface area contributed by atoms with Crippen molar-refractivity contribution in [1.29, 1.82) is 0 Å². The largest absolute Gasteiger partial charge is 0.374 e. The third-order valence-electron chi connectivity index (χ3n) is 4.31. The van der Waals surface area contributed by atoms with Crippen LogP contribution < -0.4 is 10.2 Å². The molecule has 1 aliphatic rings. The van der Waals surface area contributed by atoms with Gasteiger partial charge in [0.1, 0.15) is 5.82 Å². The number of nitrogens with zero attached hydrogens (tertiary/aromatic N) is 3. The Labute approximate surface area is 126 Å². The molecule has 0 bridgehead atoms. The van der Waals surface area contributed by atoms with Crippen LogP contribution in [0, 0.1) is 13.8 Å². The summed E-state index contributed by atoms with van der Waals surface area (Å²) in [7, 11) is 4.06. The lowest BCUT2D eigenvalue weighted by molar-refractivity contribution is 0.744. The van der Waals surface area contributed by atoms with Crippen LogP contribution in [-0.2, 0) is 6.42 Å². The first-order valence-corrected chi connectivity index (χ1v) is 7.47. The Hall–Kier alpha value is -2.10. The first-order valence-electron chi connectivity index (χ1n) is 7.47. The first-order chi connectivity index (χ1) is 10.1. The van der Waals surface area contributed by atoms with Crippen LogP contribution in [0.5, 0.6) is 0 Å². The number of hydrogen-bond donors (Lipinski definition) is 1. The van der Waals surface area contributed by atoms with E-state index < -0.39 is 0 Å². The Balaban J connectivity index is 2.07. The van der Waals surface area contributed by atoms with E-state index in [0.717, 1.165) is 41.4 Å². The van der Waals surface area contributed by atoms with Gasteiger partial charge in [-0.1, -0.05) is 0 Å². The van der Waals surface area contributed by atoms with Crippen molar-refractivity contribution in [3.63, 3.8) is 0 Å². The monoisotopic (exact) mass is 282 g/mol. The standard InChI is InChI=1S/C17H22N4/c1-11-12(2)19-17(20-16(11)18-3)14-7-8-15-13(10-14)6-5-9-21(15)4/h7-8,10H,5-6,9H2,1-4H3,(H,18,19,20). The van der Waals surface area contributed by atoms with E-state index in [1.807, 2.05) is 20.9 Å². The molecule has 2 heterocycles. The maximum Gasteiger partial charge on any atom is 0.161 e. The Bertz CT molecular complexity index is 679. The molecule has 3 rings (SSSR count). The molecule has 1 aromatic heterocycles. The minimum absolute atomic E-state index is 0.804. The van der Waals surface area contributed by atoms with Crippen LogP contribution >= 0.6 is 0 Å². The zero-order valence-electron chi connectivity index (χ0n) is 13.2. The Morgan fingerprint density at radius 3 is 2.76 bits per heavy atom. The van der Waals surface area contributed by atoms with Crippen molar-refractivity contribution in [3.05, 3.63) is 35.0 Å². The summed E-state index contributed by atoms with van der Waals surface area (Å²) in [4.78, 5) is 11.6. The molecular weight excluding hydrogens is 260 g/mol. The summed E-state index contributed by atoms with van der Waals surface area (Å²) >= 11 is 0. The van der Waals surface area contributed by atoms with Gasteiger partial charge < -0.3 is 10.2 Å². The summed E-state index contributed by atoms with van der Waals surface area (Å²) in [5.74, 6) is 1.71. The number of aryl methyl sites for hydroxylation is 2. The van der Waals surface area contributed by atoms with E-state index in [0.29, 0.717) is 0 Å². The van der Waals surface area contributed by atoms with E-state index >= 15 is 0 Å². The number of hydrogen-bond acceptors (Lipinski definition) is 4. The smallest absolute Gasteiger partial charge is 0.161 e. The highest BCUT2D eigenvalue weighted by Gasteiger charge is 2.16. The van der Waals surface area contributed by atoms with E-state index in [-0.39, 0.29) is 0 Å². The van der Waals surface area contributed by atoms with Crippen molar-refractivity contribution in [2.75, 3.05) is 30.9 Å². The molecule has 1 aromatic carbocycles. The normalized spacial score (nSPS) is 14.0. The lowest BCUT2D eigenvalue weighted by Gasteiger charge is -2.27. The number of rotatable bonds is 2. The van der Waals surface area contributed by atoms with Crippen molar-refractivity contribution < 1.29 is 0 Å². The van der Waals surface area contributed by atoms with E-state index in [2.05, 4.69) is 45.4 Å². The van der Waals surface area contributed by atoms with Crippen LogP contribution in [0.4, 0.5) is 11.5 Å². The predicted molar refractivity (Wildman–Crippen MR) is 88.1 cm³/mol. The molecule has 1 N–H and O–H groups in total. The Kier molecular flexibility index (Phi) is 3.53. The highest BCUT2D eigenvalue weighted by molar-refractivity contribution is 5.67. The second kappa shape index (κ2) is 5.35. The van der Waals surface area contributed by atoms with E-state index in [1.54, 1.807) is 0 Å². The predicted octanol–water partition coefficient (Wildman–Crippen LogP) is 3.18. The molecule has 0 saturated carbocycles. The minimum atomic E-state index is 0.804. The van der Waals surface area contributed by atoms with E-state index in [1.165, 1.54) is 17.7 Å². The summed E-state index contributed by atoms with van der Waals surface area (Å²) in [6.07, 6.45) is 2.35. The van der Waals surface area contributed by atoms with Gasteiger partial charge in [-0.15, -0.1) is 0 Å². The molecule has 0 amide bonds. The van der Waals surface area contributed by atoms with Crippen molar-refractivity contribution in [3.8, 4) is 11.4 Å². The maximum atomic E-state index is 4.65. The number of fused-ring (bicyclic) bond motifs is 1. The van der Waals surface area contributed by atoms with Gasteiger partial charge in [0.05, 0.1) is 0 Å². The number of nitrogens with one attached hydrogen (secondary N) is 1. The third-order valence-corrected chi connectivity index (χ3v) is 4.31. The number of anilines is 2. The van der Waals surface area contributed by atoms with Gasteiger partial charge >= 0.3 is 0 Å². The lowest BCUT2D eigenvalue weighted by atomic mass is 9.99. The van der Waals surface area contributed by atoms with Crippen LogP contribution in [0.2, 0.25) is 0 Å². The molecule has 21 heavy (non-hydrogen) atoms. The summed E-state index contributed by atoms with van der Waals surface area (Å²) in [6, 6.07) is 6.57. The van der Waals surface area contributed by atoms with Gasteiger partial charge in [0.15, 0.2) is 5.82 Å². The summed E-state index contributed by atoms with van der Waals surface area (Å²) < 4.78 is 0. The molecule has 4 heteroatoms. The average Bonchev–Trinajstić information content (AvgIpc) is 2.50. The lowest BCUT2D eigenvalue weighted by Crippen LogP contribution is -2.24. The molecule has 0 radical (unpaired) electrons. The van der Waals surface area contributed by atoms with Crippen molar-refractivity contribution in [1.82, 2.24) is 9.97 Å². The van der Waals surface area contributed by atoms with Gasteiger partial charge in [-0.05, 0) is 50.5 Å². The fourth-order valence-electron chi connectivity index (χ4n) is 2.93. The molecule has 0 saturated heterocycles. The van der Waals surface area contributed by atoms with Gasteiger partial charge in [-0.2, -0.15) is 0 Å². The summed E-state index contributed by atoms with van der Waals surface area (Å²) in [6.45, 7) is 5.22. The van der Waals surface area contributed by atoms with E-state index in [9.17, 15) is 0 Å². The third kappa shape index (κ3) is 2.46. The highest BCUT2D eigenvalue weighted by Crippen LogP contribution is 2.30. The SMILES string of the molecule is CNc1nc(-c2ccc3c(c2)CCCN3C)nc(C)c1C. The first kappa shape index (κ1) is 13.9. The van der Waals surface area contributed by atoms with Gasteiger partial charge in [0, 0.05) is 43.1 Å². The number of aromatic nitrogens is 2. The van der Waals surface area contributed by atoms with Gasteiger partial charge in [0.2, 0.25) is 0 Å². The molecule has 0 atom stereocenters. The van der Waals surface area contributed by atoms with Crippen LogP contribution in [0.25, 0.3) is 11.4 Å². The molecule has 110 valence electrons. The van der Waals surface area contributed by atoms with Crippen LogP contribution in [0.3, 0.4) is 0 Å². The number of benzene rings is 1. The molecule has 4 nitrogen and oxygen atoms in total. The zero-order chi connectivity index (χ0) is 15.0. The van der Waals surface area contributed by atoms with E-state index in [4.69, 9.17) is 0 Å². The second-order valence-electron chi connectivity index (χ2n) is 5.72. The molecule has 0 unspecified atom stereocenters. The Morgan fingerprint density at radius 1 is 1.19 bits per heavy atom. The van der Waals surface area contributed by atoms with Crippen LogP contribution in [0.1, 0.15) is 23.2 Å². The maximum absolute atomic E-state index is 4.65. The molecule has 0 aliphatic carbocycles. The van der Waals surface area contributed by atoms with Gasteiger partial charge in [0.25, 0.3) is 0 Å². The highest BCUT2D eigenvalue weighted by atomic mass is 15.1. The molecule has 2 aromatic rings. The topological polar surface area (TPSA) is 41.1 Å². The molecule has 0 spiro atoms. The van der Waals surface area contributed by atoms with Crippen LogP contribution in [0.15, 0.2) is 18.2 Å². The van der Waals surface area contributed by atoms with Gasteiger partial charge in [-0.25, -0.2) is 9.97 Å². The van der Waals surface area contributed by atoms with Crippen molar-refractivity contribution in [2.45, 2.75) is 26.7 Å². The van der Waals surface area contributed by atoms with Crippen LogP contribution in [-0.4, -0.2) is 30.6 Å². The fraction of sp³-hybridized carbons (Fsp3) is 0.412. The fourth-order valence-corrected chi connectivity index (χ4v) is 2.93. The molecule has 0 fully saturated rings. The average molecular weight is 282 g/mol. The molecular formula is C17H22N4. The summed E-state index contributed by atoms with van der Waals surface area (Å²) in [5.41, 5.74) is 5.97. The minimum Gasteiger partial charge on any atom is -0.374 e. The van der Waals surface area contributed by atoms with Crippen molar-refractivity contribution in [2.24, 2.45) is 0 Å². The zero-order valence-corrected chi connectivity index (χ0v) is 13.2. The molecule has 1 aliphatic heterocycles.